The summed E-state index contributed by atoms with van der Waals surface area (Å²) in [6, 6.07) is 36.3. The van der Waals surface area contributed by atoms with E-state index in [4.69, 9.17) is 13.6 Å². The van der Waals surface area contributed by atoms with Crippen molar-refractivity contribution in [2.75, 3.05) is 0 Å². The molecule has 0 aromatic heterocycles. The Morgan fingerprint density at radius 3 is 1.43 bits per heavy atom. The molecule has 0 bridgehead atoms. The number of phosphoric ester groups is 1. The highest BCUT2D eigenvalue weighted by Gasteiger charge is 2.30. The Kier molecular flexibility index (Phi) is 8.37. The summed E-state index contributed by atoms with van der Waals surface area (Å²) in [5.41, 5.74) is 3.56. The number of phosphoric acid groups is 1. The molecule has 0 radical (unpaired) electrons. The zero-order chi connectivity index (χ0) is 24.2. The molecule has 5 heteroatoms. The van der Waals surface area contributed by atoms with Crippen LogP contribution in [0.5, 0.6) is 5.75 Å². The Labute approximate surface area is 206 Å². The van der Waals surface area contributed by atoms with Crippen LogP contribution in [0.4, 0.5) is 0 Å². The number of para-hydroxylation sites is 1. The van der Waals surface area contributed by atoms with Crippen molar-refractivity contribution in [3.8, 4) is 5.75 Å². The molecule has 0 aliphatic carbocycles. The lowest BCUT2D eigenvalue weighted by molar-refractivity contribution is 0.253. The van der Waals surface area contributed by atoms with E-state index in [1.807, 2.05) is 115 Å². The fourth-order valence-corrected chi connectivity index (χ4v) is 4.10. The fraction of sp³-hybridized carbons (Fsp3) is 0. The molecule has 0 aliphatic heterocycles. The van der Waals surface area contributed by atoms with Crippen molar-refractivity contribution in [2.45, 2.75) is 0 Å². The first kappa shape index (κ1) is 23.9. The molecule has 0 unspecified atom stereocenters. The van der Waals surface area contributed by atoms with Gasteiger partial charge in [-0.25, -0.2) is 0 Å². The predicted octanol–water partition coefficient (Wildman–Crippen LogP) is 8.72. The minimum atomic E-state index is -4.05. The minimum absolute atomic E-state index is 0.379. The monoisotopic (exact) mass is 480 g/mol. The van der Waals surface area contributed by atoms with Crippen LogP contribution in [0.15, 0.2) is 128 Å². The molecule has 0 saturated heterocycles. The van der Waals surface area contributed by atoms with Gasteiger partial charge in [0, 0.05) is 5.56 Å². The van der Waals surface area contributed by atoms with Crippen molar-refractivity contribution in [2.24, 2.45) is 0 Å². The first-order valence-electron chi connectivity index (χ1n) is 11.1. The van der Waals surface area contributed by atoms with Gasteiger partial charge in [0.1, 0.15) is 5.75 Å². The summed E-state index contributed by atoms with van der Waals surface area (Å²) in [4.78, 5) is 0. The van der Waals surface area contributed by atoms with E-state index in [0.717, 1.165) is 22.3 Å². The second kappa shape index (κ2) is 12.3. The Bertz CT molecular complexity index is 1280. The van der Waals surface area contributed by atoms with Gasteiger partial charge < -0.3 is 13.6 Å². The Hall–Kier alpha value is -4.27. The summed E-state index contributed by atoms with van der Waals surface area (Å²) in [5, 5.41) is 0. The van der Waals surface area contributed by atoms with E-state index < -0.39 is 7.82 Å². The van der Waals surface area contributed by atoms with Gasteiger partial charge in [-0.15, -0.1) is 0 Å². The van der Waals surface area contributed by atoms with E-state index in [-0.39, 0.29) is 0 Å². The summed E-state index contributed by atoms with van der Waals surface area (Å²) >= 11 is 0. The molecule has 4 aromatic carbocycles. The van der Waals surface area contributed by atoms with Gasteiger partial charge in [-0.2, -0.15) is 4.57 Å². The first-order chi connectivity index (χ1) is 17.2. The fourth-order valence-electron chi connectivity index (χ4n) is 3.14. The molecule has 0 aliphatic rings. The van der Waals surface area contributed by atoms with Crippen molar-refractivity contribution in [3.63, 3.8) is 0 Å². The minimum Gasteiger partial charge on any atom is -0.394 e. The molecule has 174 valence electrons. The second-order valence-corrected chi connectivity index (χ2v) is 8.96. The quantitative estimate of drug-likeness (QED) is 0.129. The molecule has 0 saturated carbocycles. The predicted molar refractivity (Wildman–Crippen MR) is 143 cm³/mol. The molecule has 0 amide bonds. The number of rotatable bonds is 10. The van der Waals surface area contributed by atoms with Crippen molar-refractivity contribution in [1.82, 2.24) is 0 Å². The van der Waals surface area contributed by atoms with Crippen LogP contribution in [0.25, 0.3) is 24.3 Å². The maximum Gasteiger partial charge on any atom is 0.645 e. The summed E-state index contributed by atoms with van der Waals surface area (Å²) in [6.45, 7) is 0. The second-order valence-electron chi connectivity index (χ2n) is 7.46. The molecule has 0 spiro atoms. The number of hydrogen-bond acceptors (Lipinski definition) is 4. The SMILES string of the molecule is O=P(OC=Cc1ccccc1)(OC=Cc1ccccc1)Oc1ccccc1C=Cc1ccccc1. The Morgan fingerprint density at radius 2 is 0.914 bits per heavy atom. The molecule has 4 nitrogen and oxygen atoms in total. The van der Waals surface area contributed by atoms with E-state index in [0.29, 0.717) is 5.75 Å². The zero-order valence-corrected chi connectivity index (χ0v) is 19.9. The summed E-state index contributed by atoms with van der Waals surface area (Å²) in [6.07, 6.45) is 9.90. The van der Waals surface area contributed by atoms with Crippen LogP contribution in [0, 0.1) is 0 Å². The standard InChI is InChI=1S/C30H25O4P/c31-35(32-24-22-27-14-6-2-7-15-27,33-25-23-28-16-8-3-9-17-28)34-30-19-11-10-18-29(30)21-20-26-12-4-1-5-13-26/h1-25H. The van der Waals surface area contributed by atoms with Gasteiger partial charge >= 0.3 is 7.82 Å². The third kappa shape index (κ3) is 7.63. The van der Waals surface area contributed by atoms with Gasteiger partial charge in [-0.05, 0) is 34.9 Å². The normalized spacial score (nSPS) is 13.1. The van der Waals surface area contributed by atoms with Crippen molar-refractivity contribution >= 4 is 32.1 Å². The topological polar surface area (TPSA) is 44.8 Å². The van der Waals surface area contributed by atoms with Gasteiger partial charge in [0.2, 0.25) is 0 Å². The van der Waals surface area contributed by atoms with Gasteiger partial charge in [0.15, 0.2) is 0 Å². The third-order valence-corrected chi connectivity index (χ3v) is 6.06. The molecule has 4 rings (SSSR count). The lowest BCUT2D eigenvalue weighted by atomic mass is 10.1. The van der Waals surface area contributed by atoms with E-state index in [1.165, 1.54) is 12.5 Å². The molecular formula is C30H25O4P. The lowest BCUT2D eigenvalue weighted by Gasteiger charge is -2.17. The van der Waals surface area contributed by atoms with Crippen molar-refractivity contribution < 1.29 is 18.1 Å². The molecule has 0 atom stereocenters. The Balaban J connectivity index is 1.56. The number of benzene rings is 4. The Morgan fingerprint density at radius 1 is 0.486 bits per heavy atom. The lowest BCUT2D eigenvalue weighted by Crippen LogP contribution is -1.98. The van der Waals surface area contributed by atoms with Gasteiger partial charge in [-0.3, -0.25) is 0 Å². The van der Waals surface area contributed by atoms with Crippen LogP contribution in [0.3, 0.4) is 0 Å². The van der Waals surface area contributed by atoms with E-state index >= 15 is 0 Å². The maximum absolute atomic E-state index is 13.6. The largest absolute Gasteiger partial charge is 0.645 e. The van der Waals surface area contributed by atoms with Crippen LogP contribution >= 0.6 is 7.82 Å². The summed E-state index contributed by atoms with van der Waals surface area (Å²) < 4.78 is 30.5. The van der Waals surface area contributed by atoms with Crippen LogP contribution in [-0.4, -0.2) is 0 Å². The highest BCUT2D eigenvalue weighted by molar-refractivity contribution is 7.49. The molecule has 0 fully saturated rings. The molecule has 35 heavy (non-hydrogen) atoms. The van der Waals surface area contributed by atoms with Crippen LogP contribution in [0.2, 0.25) is 0 Å². The smallest absolute Gasteiger partial charge is 0.394 e. The van der Waals surface area contributed by atoms with E-state index in [1.54, 1.807) is 24.3 Å². The zero-order valence-electron chi connectivity index (χ0n) is 19.0. The summed E-state index contributed by atoms with van der Waals surface area (Å²) in [7, 11) is -4.05. The maximum atomic E-state index is 13.6. The first-order valence-corrected chi connectivity index (χ1v) is 12.6. The average molecular weight is 481 g/mol. The van der Waals surface area contributed by atoms with Crippen molar-refractivity contribution in [1.29, 1.82) is 0 Å². The van der Waals surface area contributed by atoms with Gasteiger partial charge in [-0.1, -0.05) is 121 Å². The highest BCUT2D eigenvalue weighted by atomic mass is 31.2. The van der Waals surface area contributed by atoms with Crippen molar-refractivity contribution in [3.05, 3.63) is 150 Å². The molecule has 4 aromatic rings. The van der Waals surface area contributed by atoms with Crippen LogP contribution < -0.4 is 4.52 Å². The van der Waals surface area contributed by atoms with Gasteiger partial charge in [0.25, 0.3) is 0 Å². The molecule has 0 N–H and O–H groups in total. The third-order valence-electron chi connectivity index (χ3n) is 4.88. The van der Waals surface area contributed by atoms with Crippen LogP contribution in [0.1, 0.15) is 22.3 Å². The van der Waals surface area contributed by atoms with E-state index in [2.05, 4.69) is 0 Å². The molecule has 0 heterocycles. The number of hydrogen-bond donors (Lipinski definition) is 0. The molecular weight excluding hydrogens is 455 g/mol. The highest BCUT2D eigenvalue weighted by Crippen LogP contribution is 2.51. The average Bonchev–Trinajstić information content (AvgIpc) is 2.90. The summed E-state index contributed by atoms with van der Waals surface area (Å²) in [5.74, 6) is 0.379. The van der Waals surface area contributed by atoms with Gasteiger partial charge in [0.05, 0.1) is 12.5 Å². The van der Waals surface area contributed by atoms with Crippen LogP contribution in [-0.2, 0) is 13.6 Å². The van der Waals surface area contributed by atoms with E-state index in [9.17, 15) is 4.57 Å².